The van der Waals surface area contributed by atoms with Crippen LogP contribution >= 0.6 is 13.5 Å². The van der Waals surface area contributed by atoms with E-state index in [0.717, 1.165) is 6.42 Å². The average Bonchev–Trinajstić information content (AvgIpc) is 2.20. The minimum atomic E-state index is -0.695. The van der Waals surface area contributed by atoms with E-state index < -0.39 is 12.1 Å². The molecule has 2 unspecified atom stereocenters. The summed E-state index contributed by atoms with van der Waals surface area (Å²) in [6.07, 6.45) is 1.15. The van der Waals surface area contributed by atoms with Gasteiger partial charge in [-0.1, -0.05) is 41.5 Å². The Kier molecular flexibility index (Phi) is 13.8. The Hall–Kier alpha value is 0.428. The van der Waals surface area contributed by atoms with Gasteiger partial charge in [0.05, 0.1) is 18.8 Å². The molecule has 0 heterocycles. The first-order valence-electron chi connectivity index (χ1n) is 7.09. The fourth-order valence-electron chi connectivity index (χ4n) is 2.74. The number of nitrogens with one attached hydrogen (secondary N) is 1. The predicted octanol–water partition coefficient (Wildman–Crippen LogP) is 2.20. The van der Waals surface area contributed by atoms with Crippen LogP contribution in [-0.2, 0) is 25.9 Å². The van der Waals surface area contributed by atoms with Crippen molar-refractivity contribution in [3.05, 3.63) is 0 Å². The molecule has 1 amide bonds. The Bertz CT molecular complexity index is 293. The maximum absolute atomic E-state index is 12.0. The Balaban J connectivity index is -0.00000162. The number of aliphatic hydroxyl groups excluding tert-OH is 2. The average molecular weight is 491 g/mol. The van der Waals surface area contributed by atoms with Crippen LogP contribution in [-0.4, -0.2) is 34.9 Å². The van der Waals surface area contributed by atoms with Crippen molar-refractivity contribution in [2.75, 3.05) is 6.61 Å². The molecule has 0 radical (unpaired) electrons. The van der Waals surface area contributed by atoms with Crippen LogP contribution in [0.5, 0.6) is 0 Å². The van der Waals surface area contributed by atoms with Gasteiger partial charge in [-0.05, 0) is 23.7 Å². The molecule has 6 heteroatoms. The second-order valence-electron chi connectivity index (χ2n) is 7.41. The zero-order chi connectivity index (χ0) is 15.3. The molecule has 0 aromatic rings. The first kappa shape index (κ1) is 26.3. The molecule has 0 saturated carbocycles. The third kappa shape index (κ3) is 12.6. The van der Waals surface area contributed by atoms with Gasteiger partial charge < -0.3 is 15.5 Å². The summed E-state index contributed by atoms with van der Waals surface area (Å²) in [5, 5.41) is 21.6. The van der Waals surface area contributed by atoms with Crippen LogP contribution in [0.2, 0.25) is 0 Å². The molecule has 0 aromatic carbocycles. The Labute approximate surface area is 151 Å². The van der Waals surface area contributed by atoms with E-state index in [1.165, 1.54) is 0 Å². The molecule has 21 heavy (non-hydrogen) atoms. The van der Waals surface area contributed by atoms with Gasteiger partial charge in [-0.2, -0.15) is 13.5 Å². The third-order valence-electron chi connectivity index (χ3n) is 3.07. The van der Waals surface area contributed by atoms with Gasteiger partial charge in [0.2, 0.25) is 5.91 Å². The van der Waals surface area contributed by atoms with Crippen molar-refractivity contribution in [1.29, 1.82) is 0 Å². The minimum absolute atomic E-state index is 0. The maximum Gasteiger partial charge on any atom is 0.220 e. The zero-order valence-electron chi connectivity index (χ0n) is 14.2. The van der Waals surface area contributed by atoms with Gasteiger partial charge >= 0.3 is 0 Å². The Morgan fingerprint density at radius 3 is 2.00 bits per heavy atom. The van der Waals surface area contributed by atoms with Crippen molar-refractivity contribution in [3.63, 3.8) is 0 Å². The standard InChI is InChI=1S/C15H31NO3.H2S.W/c1-7-12(18)11(9-17)16-13(19)8-15(5,6)10-14(2,3)4;;/h11-12,17-18H,7-10H2,1-6H3,(H,16,19);1H2;. The monoisotopic (exact) mass is 491 g/mol. The van der Waals surface area contributed by atoms with Crippen molar-refractivity contribution in [2.24, 2.45) is 10.8 Å². The van der Waals surface area contributed by atoms with E-state index in [2.05, 4.69) is 39.9 Å². The molecule has 0 aliphatic rings. The van der Waals surface area contributed by atoms with E-state index in [1.54, 1.807) is 0 Å². The van der Waals surface area contributed by atoms with Crippen molar-refractivity contribution in [3.8, 4) is 0 Å². The van der Waals surface area contributed by atoms with E-state index in [9.17, 15) is 15.0 Å². The fraction of sp³-hybridized carbons (Fsp3) is 0.933. The Morgan fingerprint density at radius 1 is 1.19 bits per heavy atom. The molecule has 0 spiro atoms. The van der Waals surface area contributed by atoms with Crippen molar-refractivity contribution in [2.45, 2.75) is 73.0 Å². The van der Waals surface area contributed by atoms with E-state index in [0.29, 0.717) is 12.8 Å². The number of carbonyl (C=O) groups excluding carboxylic acids is 1. The van der Waals surface area contributed by atoms with Crippen LogP contribution in [0.3, 0.4) is 0 Å². The van der Waals surface area contributed by atoms with Crippen LogP contribution in [0.25, 0.3) is 0 Å². The quantitative estimate of drug-likeness (QED) is 0.512. The van der Waals surface area contributed by atoms with Crippen LogP contribution in [0.4, 0.5) is 0 Å². The van der Waals surface area contributed by atoms with Crippen LogP contribution in [0.15, 0.2) is 0 Å². The summed E-state index contributed by atoms with van der Waals surface area (Å²) >= 11 is 0. The summed E-state index contributed by atoms with van der Waals surface area (Å²) in [5.41, 5.74) is 0.0720. The molecule has 0 fully saturated rings. The molecular formula is C15H33NO3SW. The van der Waals surface area contributed by atoms with Gasteiger partial charge in [0.15, 0.2) is 0 Å². The second kappa shape index (κ2) is 11.0. The summed E-state index contributed by atoms with van der Waals surface area (Å²) < 4.78 is 0. The van der Waals surface area contributed by atoms with Gasteiger partial charge in [-0.3, -0.25) is 4.79 Å². The third-order valence-corrected chi connectivity index (χ3v) is 3.07. The summed E-state index contributed by atoms with van der Waals surface area (Å²) in [6.45, 7) is 12.2. The van der Waals surface area contributed by atoms with Crippen molar-refractivity contribution < 1.29 is 36.1 Å². The Morgan fingerprint density at radius 2 is 1.67 bits per heavy atom. The molecule has 0 aliphatic heterocycles. The summed E-state index contributed by atoms with van der Waals surface area (Å²) in [4.78, 5) is 12.0. The van der Waals surface area contributed by atoms with Crippen molar-refractivity contribution >= 4 is 19.4 Å². The van der Waals surface area contributed by atoms with E-state index in [4.69, 9.17) is 0 Å². The van der Waals surface area contributed by atoms with Gasteiger partial charge in [0.25, 0.3) is 0 Å². The predicted molar refractivity (Wildman–Crippen MR) is 88.2 cm³/mol. The molecule has 0 rings (SSSR count). The molecule has 0 saturated heterocycles. The van der Waals surface area contributed by atoms with Crippen LogP contribution in [0.1, 0.15) is 60.8 Å². The van der Waals surface area contributed by atoms with Crippen LogP contribution < -0.4 is 5.32 Å². The van der Waals surface area contributed by atoms with Crippen LogP contribution in [0, 0.1) is 10.8 Å². The number of hydrogen-bond acceptors (Lipinski definition) is 3. The first-order valence-corrected chi connectivity index (χ1v) is 7.09. The number of carbonyl (C=O) groups is 1. The van der Waals surface area contributed by atoms with E-state index in [1.807, 2.05) is 6.92 Å². The SMILES string of the molecule is CCC(O)C(CO)NC(=O)CC(C)(C)CC(C)(C)C.S.[W]. The number of aliphatic hydroxyl groups is 2. The number of rotatable bonds is 7. The largest absolute Gasteiger partial charge is 0.394 e. The van der Waals surface area contributed by atoms with Gasteiger partial charge in [-0.15, -0.1) is 0 Å². The second-order valence-corrected chi connectivity index (χ2v) is 7.41. The molecule has 0 bridgehead atoms. The zero-order valence-corrected chi connectivity index (χ0v) is 18.1. The van der Waals surface area contributed by atoms with Gasteiger partial charge in [0, 0.05) is 27.5 Å². The maximum atomic E-state index is 12.0. The smallest absolute Gasteiger partial charge is 0.220 e. The van der Waals surface area contributed by atoms with E-state index in [-0.39, 0.29) is 57.9 Å². The molecular weight excluding hydrogens is 458 g/mol. The molecule has 0 aromatic heterocycles. The topological polar surface area (TPSA) is 69.6 Å². The van der Waals surface area contributed by atoms with Crippen molar-refractivity contribution in [1.82, 2.24) is 5.32 Å². The minimum Gasteiger partial charge on any atom is -0.394 e. The van der Waals surface area contributed by atoms with E-state index >= 15 is 0 Å². The molecule has 2 atom stereocenters. The number of hydrogen-bond donors (Lipinski definition) is 3. The molecule has 0 aliphatic carbocycles. The molecule has 128 valence electrons. The fourth-order valence-corrected chi connectivity index (χ4v) is 2.74. The summed E-state index contributed by atoms with van der Waals surface area (Å²) in [6, 6.07) is -0.567. The van der Waals surface area contributed by atoms with Gasteiger partial charge in [0.1, 0.15) is 0 Å². The molecule has 3 N–H and O–H groups in total. The number of amides is 1. The van der Waals surface area contributed by atoms with Gasteiger partial charge in [-0.25, -0.2) is 0 Å². The first-order chi connectivity index (χ1) is 8.50. The summed E-state index contributed by atoms with van der Waals surface area (Å²) in [7, 11) is 0. The normalized spacial score (nSPS) is 14.5. The molecule has 4 nitrogen and oxygen atoms in total. The summed E-state index contributed by atoms with van der Waals surface area (Å²) in [5.74, 6) is -0.110.